The zero-order valence-corrected chi connectivity index (χ0v) is 23.6. The predicted octanol–water partition coefficient (Wildman–Crippen LogP) is 5.63. The van der Waals surface area contributed by atoms with E-state index in [9.17, 15) is 9.59 Å². The Morgan fingerprint density at radius 1 is 1.22 bits per heavy atom. The van der Waals surface area contributed by atoms with Crippen LogP contribution in [-0.2, 0) is 4.79 Å². The van der Waals surface area contributed by atoms with Gasteiger partial charge in [-0.1, -0.05) is 27.5 Å². The van der Waals surface area contributed by atoms with Gasteiger partial charge in [-0.05, 0) is 89.7 Å². The Morgan fingerprint density at radius 3 is 2.69 bits per heavy atom. The maximum Gasteiger partial charge on any atom is 0.282 e. The third kappa shape index (κ3) is 6.05. The number of benzene rings is 3. The number of amides is 1. The molecule has 0 spiro atoms. The minimum atomic E-state index is -0.328. The zero-order valence-electron chi connectivity index (χ0n) is 19.1. The zero-order chi connectivity index (χ0) is 25.8. The van der Waals surface area contributed by atoms with Crippen molar-refractivity contribution in [3.8, 4) is 11.5 Å². The van der Waals surface area contributed by atoms with Crippen molar-refractivity contribution >= 4 is 78.8 Å². The van der Waals surface area contributed by atoms with Gasteiger partial charge in [-0.3, -0.25) is 9.59 Å². The van der Waals surface area contributed by atoms with Gasteiger partial charge in [0.1, 0.15) is 5.82 Å². The van der Waals surface area contributed by atoms with Gasteiger partial charge in [-0.2, -0.15) is 9.78 Å². The molecule has 1 aromatic heterocycles. The highest BCUT2D eigenvalue weighted by molar-refractivity contribution is 14.1. The molecule has 1 amide bonds. The molecule has 0 saturated heterocycles. The number of nitrogens with one attached hydrogen (secondary N) is 1. The van der Waals surface area contributed by atoms with Gasteiger partial charge in [0.25, 0.3) is 11.5 Å². The number of aryl methyl sites for hydroxylation is 1. The SMILES string of the molecule is COc1cc(C=Nn2c(C)nc3ccc(Br)cc3c2=O)cc(I)c1OCC(=O)Nc1ccc(Cl)cc1. The molecule has 0 saturated carbocycles. The van der Waals surface area contributed by atoms with Gasteiger partial charge in [-0.15, -0.1) is 0 Å². The minimum absolute atomic E-state index is 0.213. The minimum Gasteiger partial charge on any atom is -0.493 e. The molecule has 0 radical (unpaired) electrons. The van der Waals surface area contributed by atoms with E-state index in [0.29, 0.717) is 48.1 Å². The lowest BCUT2D eigenvalue weighted by molar-refractivity contribution is -0.118. The van der Waals surface area contributed by atoms with Crippen LogP contribution in [0.25, 0.3) is 10.9 Å². The van der Waals surface area contributed by atoms with Gasteiger partial charge in [0.15, 0.2) is 18.1 Å². The molecule has 0 fully saturated rings. The van der Waals surface area contributed by atoms with Crippen LogP contribution in [0.2, 0.25) is 5.02 Å². The second kappa shape index (κ2) is 11.4. The van der Waals surface area contributed by atoms with Crippen molar-refractivity contribution in [1.82, 2.24) is 9.66 Å². The van der Waals surface area contributed by atoms with Gasteiger partial charge in [0.2, 0.25) is 0 Å². The van der Waals surface area contributed by atoms with E-state index in [4.69, 9.17) is 21.1 Å². The van der Waals surface area contributed by atoms with E-state index in [1.165, 1.54) is 11.8 Å². The number of methoxy groups -OCH3 is 1. The maximum atomic E-state index is 13.0. The molecule has 0 atom stereocenters. The van der Waals surface area contributed by atoms with Gasteiger partial charge in [0, 0.05) is 15.2 Å². The second-order valence-electron chi connectivity index (χ2n) is 7.56. The van der Waals surface area contributed by atoms with Crippen LogP contribution < -0.4 is 20.3 Å². The summed E-state index contributed by atoms with van der Waals surface area (Å²) in [4.78, 5) is 29.7. The van der Waals surface area contributed by atoms with E-state index >= 15 is 0 Å². The van der Waals surface area contributed by atoms with Gasteiger partial charge < -0.3 is 14.8 Å². The molecule has 1 N–H and O–H groups in total. The molecule has 0 aliphatic rings. The average Bonchev–Trinajstić information content (AvgIpc) is 2.85. The number of ether oxygens (including phenoxy) is 2. The van der Waals surface area contributed by atoms with Crippen molar-refractivity contribution in [2.45, 2.75) is 6.92 Å². The van der Waals surface area contributed by atoms with Gasteiger partial charge in [-0.25, -0.2) is 4.98 Å². The highest BCUT2D eigenvalue weighted by atomic mass is 127. The molecule has 4 rings (SSSR count). The number of hydrogen-bond donors (Lipinski definition) is 1. The summed E-state index contributed by atoms with van der Waals surface area (Å²) in [5, 5.41) is 8.14. The summed E-state index contributed by atoms with van der Waals surface area (Å²) in [6.45, 7) is 1.51. The predicted molar refractivity (Wildman–Crippen MR) is 153 cm³/mol. The summed E-state index contributed by atoms with van der Waals surface area (Å²) in [5.74, 6) is 0.977. The Balaban J connectivity index is 1.54. The summed E-state index contributed by atoms with van der Waals surface area (Å²) < 4.78 is 14.0. The van der Waals surface area contributed by atoms with Gasteiger partial charge in [0.05, 0.1) is 27.8 Å². The molecule has 184 valence electrons. The summed E-state index contributed by atoms with van der Waals surface area (Å²) in [7, 11) is 1.51. The normalized spacial score (nSPS) is 11.1. The molecular weight excluding hydrogens is 663 g/mol. The standard InChI is InChI=1S/C25H19BrClIN4O4/c1-14-30-21-8-3-16(26)11-19(21)25(34)32(14)29-12-15-9-20(28)24(22(10-15)35-2)36-13-23(33)31-18-6-4-17(27)5-7-18/h3-12H,13H2,1-2H3,(H,31,33). The highest BCUT2D eigenvalue weighted by Gasteiger charge is 2.14. The number of carbonyl (C=O) groups is 1. The number of nitrogens with zero attached hydrogens (tertiary/aromatic N) is 3. The molecular formula is C25H19BrClIN4O4. The van der Waals surface area contributed by atoms with Crippen LogP contribution in [0.15, 0.2) is 69.0 Å². The Morgan fingerprint density at radius 2 is 1.97 bits per heavy atom. The number of fused-ring (bicyclic) bond motifs is 1. The largest absolute Gasteiger partial charge is 0.493 e. The van der Waals surface area contributed by atoms with Crippen molar-refractivity contribution in [2.75, 3.05) is 19.0 Å². The maximum absolute atomic E-state index is 13.0. The first-order valence-corrected chi connectivity index (χ1v) is 12.8. The van der Waals surface area contributed by atoms with Crippen LogP contribution in [0, 0.1) is 10.5 Å². The Kier molecular flexibility index (Phi) is 8.27. The first-order valence-electron chi connectivity index (χ1n) is 10.5. The fourth-order valence-electron chi connectivity index (χ4n) is 3.34. The fourth-order valence-corrected chi connectivity index (χ4v) is 4.61. The number of rotatable bonds is 7. The molecule has 0 unspecified atom stereocenters. The third-order valence-corrected chi connectivity index (χ3v) is 6.57. The number of hydrogen-bond acceptors (Lipinski definition) is 6. The molecule has 0 bridgehead atoms. The topological polar surface area (TPSA) is 94.8 Å². The van der Waals surface area contributed by atoms with Crippen LogP contribution in [-0.4, -0.2) is 35.5 Å². The molecule has 3 aromatic carbocycles. The van der Waals surface area contributed by atoms with E-state index in [0.717, 1.165) is 4.47 Å². The average molecular weight is 682 g/mol. The molecule has 0 aliphatic heterocycles. The summed E-state index contributed by atoms with van der Waals surface area (Å²) >= 11 is 11.3. The molecule has 0 aliphatic carbocycles. The van der Waals surface area contributed by atoms with E-state index in [1.54, 1.807) is 55.6 Å². The third-order valence-electron chi connectivity index (χ3n) is 5.02. The molecule has 8 nitrogen and oxygen atoms in total. The van der Waals surface area contributed by atoms with Crippen LogP contribution in [0.4, 0.5) is 5.69 Å². The molecule has 11 heteroatoms. The van der Waals surface area contributed by atoms with Crippen molar-refractivity contribution in [2.24, 2.45) is 5.10 Å². The smallest absolute Gasteiger partial charge is 0.282 e. The summed E-state index contributed by atoms with van der Waals surface area (Å²) in [6.07, 6.45) is 1.54. The Bertz CT molecular complexity index is 1540. The van der Waals surface area contributed by atoms with Crippen LogP contribution >= 0.6 is 50.1 Å². The molecule has 4 aromatic rings. The van der Waals surface area contributed by atoms with Crippen molar-refractivity contribution < 1.29 is 14.3 Å². The Hall–Kier alpha value is -2.96. The van der Waals surface area contributed by atoms with E-state index in [1.807, 2.05) is 12.1 Å². The van der Waals surface area contributed by atoms with Crippen molar-refractivity contribution in [3.63, 3.8) is 0 Å². The van der Waals surface area contributed by atoms with Crippen LogP contribution in [0.3, 0.4) is 0 Å². The van der Waals surface area contributed by atoms with Gasteiger partial charge >= 0.3 is 0 Å². The van der Waals surface area contributed by atoms with E-state index < -0.39 is 0 Å². The highest BCUT2D eigenvalue weighted by Crippen LogP contribution is 2.33. The quantitative estimate of drug-likeness (QED) is 0.202. The monoisotopic (exact) mass is 680 g/mol. The fraction of sp³-hybridized carbons (Fsp3) is 0.120. The number of halogens is 3. The molecule has 1 heterocycles. The van der Waals surface area contributed by atoms with Crippen LogP contribution in [0.1, 0.15) is 11.4 Å². The van der Waals surface area contributed by atoms with E-state index in [-0.39, 0.29) is 18.1 Å². The lowest BCUT2D eigenvalue weighted by Gasteiger charge is -2.13. The summed E-state index contributed by atoms with van der Waals surface area (Å²) in [6, 6.07) is 15.6. The number of aromatic nitrogens is 2. The lowest BCUT2D eigenvalue weighted by Crippen LogP contribution is -2.21. The van der Waals surface area contributed by atoms with Crippen molar-refractivity contribution in [1.29, 1.82) is 0 Å². The second-order valence-corrected chi connectivity index (χ2v) is 10.1. The number of carbonyl (C=O) groups excluding carboxylic acids is 1. The first-order chi connectivity index (χ1) is 17.2. The first kappa shape index (κ1) is 26.1. The molecule has 36 heavy (non-hydrogen) atoms. The van der Waals surface area contributed by atoms with Crippen LogP contribution in [0.5, 0.6) is 11.5 Å². The van der Waals surface area contributed by atoms with E-state index in [2.05, 4.69) is 53.9 Å². The lowest BCUT2D eigenvalue weighted by atomic mass is 10.2. The number of anilines is 1. The van der Waals surface area contributed by atoms with Crippen molar-refractivity contribution in [3.05, 3.63) is 89.4 Å². The Labute approximate surface area is 233 Å². The summed E-state index contributed by atoms with van der Waals surface area (Å²) in [5.41, 5.74) is 1.62.